The van der Waals surface area contributed by atoms with Gasteiger partial charge in [-0.3, -0.25) is 23.4 Å². The molecule has 0 rings (SSSR count). The number of aliphatic carboxylic acids is 1. The molecule has 19 nitrogen and oxygen atoms in total. The lowest BCUT2D eigenvalue weighted by atomic mass is 10.1. The van der Waals surface area contributed by atoms with Crippen molar-refractivity contribution in [3.63, 3.8) is 0 Å². The number of carboxylic acid groups (broad SMARTS) is 1. The van der Waals surface area contributed by atoms with E-state index in [-0.39, 0.29) is 44.6 Å². The van der Waals surface area contributed by atoms with Crippen LogP contribution in [-0.4, -0.2) is 164 Å². The smallest absolute Gasteiger partial charge is 0.472 e. The van der Waals surface area contributed by atoms with Crippen LogP contribution in [0.25, 0.3) is 0 Å². The molecular formula is C97H188F3N6O13P. The van der Waals surface area contributed by atoms with E-state index >= 15 is 0 Å². The molecule has 23 heteroatoms. The van der Waals surface area contributed by atoms with E-state index in [1.54, 1.807) is 0 Å². The number of esters is 2. The first kappa shape index (κ1) is 121. The second kappa shape index (κ2) is 96.1. The van der Waals surface area contributed by atoms with Gasteiger partial charge in [0.2, 0.25) is 5.91 Å². The van der Waals surface area contributed by atoms with E-state index < -0.39 is 44.6 Å². The lowest BCUT2D eigenvalue weighted by molar-refractivity contribution is -0.893. The Balaban J connectivity index is -0.00000214. The number of amides is 1. The van der Waals surface area contributed by atoms with Crippen LogP contribution in [0, 0.1) is 0 Å². The minimum absolute atomic E-state index is 0.0518. The summed E-state index contributed by atoms with van der Waals surface area (Å²) in [6.07, 6.45) is 85.5. The Hall–Kier alpha value is -3.54. The molecule has 0 heterocycles. The molecule has 0 aliphatic heterocycles. The average molecular weight is 1730 g/mol. The number of carbonyl (C=O) groups is 4. The number of nitrogens with one attached hydrogen (secondary N) is 3. The topological polar surface area (TPSA) is 272 Å². The number of carboxylic acids is 1. The standard InChI is InChI=1S/C54H109N5O3.C41H78NO8P.C2HF3O2/c1-5-7-9-11-13-15-17-19-21-23-25-27-29-31-33-37-49-61-52-53(62-50-38-34-32-30-28-26-24-22-20-18-16-14-12-10-8-6-2)51-59(3,4)48-41-54(60)58-47-40-46-57-44-36-35-43-56-45-39-42-55;1-3-5-7-9-11-13-15-17-19-21-23-25-27-29-31-33-40(43)47-37-39(38-49-51(45,46)48-36-35-42)50-41(44)34-32-30-28-26-24-22-20-18-16-14-12-10-8-6-4-2;3-2(4,5)1(6)7/h19-22,53,56-57H,5-18,23-52,55H2,1-4H3;17-20,39H,3-16,21-38,42H2,1-2H3,(H,45,46);(H,6,7)/b21-19+,22-20+;19-17-,20-18-;. The quantitative estimate of drug-likeness (QED) is 0.0109. The molecule has 0 bridgehead atoms. The van der Waals surface area contributed by atoms with Crippen LogP contribution in [0.1, 0.15) is 419 Å². The highest BCUT2D eigenvalue weighted by Crippen LogP contribution is 2.43. The largest absolute Gasteiger partial charge is 0.542 e. The fourth-order valence-corrected chi connectivity index (χ4v) is 14.4. The van der Waals surface area contributed by atoms with Gasteiger partial charge in [0.15, 0.2) is 6.10 Å². The molecule has 710 valence electrons. The van der Waals surface area contributed by atoms with Gasteiger partial charge < -0.3 is 65.6 Å². The minimum atomic E-state index is -5.19. The van der Waals surface area contributed by atoms with Crippen LogP contribution in [0.15, 0.2) is 48.6 Å². The van der Waals surface area contributed by atoms with E-state index in [1.165, 1.54) is 270 Å². The summed E-state index contributed by atoms with van der Waals surface area (Å²) in [4.78, 5) is 56.3. The third-order valence-corrected chi connectivity index (χ3v) is 22.1. The predicted molar refractivity (Wildman–Crippen MR) is 494 cm³/mol. The zero-order valence-corrected chi connectivity index (χ0v) is 78.9. The highest BCUT2D eigenvalue weighted by Gasteiger charge is 2.29. The summed E-state index contributed by atoms with van der Waals surface area (Å²) in [7, 11) is 0.0909. The Morgan fingerprint density at radius 1 is 0.400 bits per heavy atom. The van der Waals surface area contributed by atoms with Gasteiger partial charge >= 0.3 is 25.9 Å². The van der Waals surface area contributed by atoms with Crippen LogP contribution in [0.5, 0.6) is 0 Å². The molecular weight excluding hydrogens is 1550 g/mol. The third-order valence-electron chi connectivity index (χ3n) is 21.2. The summed E-state index contributed by atoms with van der Waals surface area (Å²) in [5, 5.41) is 18.9. The molecule has 3 atom stereocenters. The van der Waals surface area contributed by atoms with Crippen molar-refractivity contribution in [2.75, 3.05) is 113 Å². The normalized spacial score (nSPS) is 13.0. The monoisotopic (exact) mass is 1730 g/mol. The van der Waals surface area contributed by atoms with Gasteiger partial charge in [0.25, 0.3) is 0 Å². The van der Waals surface area contributed by atoms with Crippen LogP contribution in [-0.2, 0) is 51.7 Å². The Morgan fingerprint density at radius 2 is 0.742 bits per heavy atom. The first-order valence-electron chi connectivity index (χ1n) is 49.2. The summed E-state index contributed by atoms with van der Waals surface area (Å²) in [6, 6.07) is 0. The number of unbranched alkanes of at least 4 members (excludes halogenated alkanes) is 47. The number of carbonyl (C=O) groups excluding carboxylic acids is 4. The van der Waals surface area contributed by atoms with E-state index in [4.69, 9.17) is 49.4 Å². The van der Waals surface area contributed by atoms with Crippen molar-refractivity contribution in [2.24, 2.45) is 11.5 Å². The van der Waals surface area contributed by atoms with Crippen molar-refractivity contribution >= 4 is 31.6 Å². The second-order valence-corrected chi connectivity index (χ2v) is 35.2. The zero-order chi connectivity index (χ0) is 88.7. The molecule has 0 aliphatic carbocycles. The van der Waals surface area contributed by atoms with E-state index in [2.05, 4.69) is 106 Å². The molecule has 3 unspecified atom stereocenters. The van der Waals surface area contributed by atoms with Crippen LogP contribution in [0.4, 0.5) is 13.2 Å². The number of allylic oxidation sites excluding steroid dienone is 8. The number of nitrogens with two attached hydrogens (primary N) is 2. The highest BCUT2D eigenvalue weighted by atomic mass is 31.2. The van der Waals surface area contributed by atoms with E-state index in [1.807, 2.05) is 0 Å². The van der Waals surface area contributed by atoms with Gasteiger partial charge in [-0.25, -0.2) is 4.57 Å². The minimum Gasteiger partial charge on any atom is -0.542 e. The molecule has 0 saturated heterocycles. The van der Waals surface area contributed by atoms with Gasteiger partial charge in [-0.2, -0.15) is 13.2 Å². The maximum Gasteiger partial charge on any atom is 0.472 e. The molecule has 0 aromatic carbocycles. The Kier molecular flexibility index (Phi) is 96.6. The second-order valence-electron chi connectivity index (χ2n) is 33.7. The van der Waals surface area contributed by atoms with Gasteiger partial charge in [0, 0.05) is 39.1 Å². The molecule has 0 aromatic heterocycles. The molecule has 0 radical (unpaired) electrons. The number of ether oxygens (including phenoxy) is 4. The number of halogens is 3. The van der Waals surface area contributed by atoms with Crippen LogP contribution < -0.4 is 32.5 Å². The van der Waals surface area contributed by atoms with Crippen LogP contribution in [0.3, 0.4) is 0 Å². The molecule has 120 heavy (non-hydrogen) atoms. The summed E-state index contributed by atoms with van der Waals surface area (Å²) in [5.74, 6) is -3.70. The molecule has 0 spiro atoms. The van der Waals surface area contributed by atoms with E-state index in [0.29, 0.717) is 19.4 Å². The highest BCUT2D eigenvalue weighted by molar-refractivity contribution is 7.47. The van der Waals surface area contributed by atoms with Crippen molar-refractivity contribution < 1.29 is 79.4 Å². The Labute approximate surface area is 733 Å². The summed E-state index contributed by atoms with van der Waals surface area (Å²) >= 11 is 0. The third kappa shape index (κ3) is 102. The van der Waals surface area contributed by atoms with Gasteiger partial charge in [-0.15, -0.1) is 0 Å². The zero-order valence-electron chi connectivity index (χ0n) is 78.0. The van der Waals surface area contributed by atoms with Crippen LogP contribution >= 0.6 is 7.82 Å². The van der Waals surface area contributed by atoms with Gasteiger partial charge in [0.1, 0.15) is 25.2 Å². The fourth-order valence-electron chi connectivity index (χ4n) is 13.7. The molecule has 0 fully saturated rings. The number of likely N-dealkylation sites (N-methyl/N-ethyl adjacent to an activating group) is 1. The summed E-state index contributed by atoms with van der Waals surface area (Å²) in [5.41, 5.74) is 10.9. The molecule has 0 aliphatic rings. The first-order chi connectivity index (χ1) is 58.2. The number of hydrogen-bond donors (Lipinski definition) is 6. The first-order valence-corrected chi connectivity index (χ1v) is 50.7. The number of phosphoric ester groups is 1. The molecule has 8 N–H and O–H groups in total. The lowest BCUT2D eigenvalue weighted by Crippen LogP contribution is -2.49. The van der Waals surface area contributed by atoms with Crippen LogP contribution in [0.2, 0.25) is 0 Å². The number of hydrogen-bond acceptors (Lipinski definition) is 16. The maximum atomic E-state index is 12.7. The molecule has 1 amide bonds. The number of quaternary nitrogens is 1. The van der Waals surface area contributed by atoms with Crippen molar-refractivity contribution in [3.8, 4) is 0 Å². The number of phosphoric acid groups is 1. The molecule has 0 saturated carbocycles. The van der Waals surface area contributed by atoms with Gasteiger partial charge in [-0.1, -0.05) is 295 Å². The SMILES string of the molecule is CCCCCCCC/C=C/CCCCCCCCOCC(C[N+](C)(C)CCC(=O)NCCCNCCCCNCCCN)OCCCCCCCC/C=C/CCCCCCCC.CCCCCCCC/C=C\CCCCCCCC(=O)OCC(COP(=O)(O)OCCN)OC(=O)CCCCCCC/C=C\CCCCCCCC.O=C([O-])C(F)(F)F. The van der Waals surface area contributed by atoms with Gasteiger partial charge in [0.05, 0.1) is 46.9 Å². The summed E-state index contributed by atoms with van der Waals surface area (Å²) in [6.45, 7) is 17.7. The Bertz CT molecular complexity index is 2360. The molecule has 0 aromatic rings. The van der Waals surface area contributed by atoms with Crippen molar-refractivity contribution in [1.82, 2.24) is 16.0 Å². The average Bonchev–Trinajstić information content (AvgIpc) is 0.889. The number of nitrogens with zero attached hydrogens (tertiary/aromatic N) is 1. The van der Waals surface area contributed by atoms with Crippen molar-refractivity contribution in [3.05, 3.63) is 48.6 Å². The van der Waals surface area contributed by atoms with E-state index in [0.717, 1.165) is 166 Å². The Morgan fingerprint density at radius 3 is 1.12 bits per heavy atom. The maximum absolute atomic E-state index is 12.7. The number of alkyl halides is 3. The van der Waals surface area contributed by atoms with E-state index in [9.17, 15) is 37.0 Å². The lowest BCUT2D eigenvalue weighted by Gasteiger charge is -2.33. The predicted octanol–water partition coefficient (Wildman–Crippen LogP) is 23.7. The fraction of sp³-hybridized carbons (Fsp3) is 0.876. The van der Waals surface area contributed by atoms with Crippen molar-refractivity contribution in [1.29, 1.82) is 0 Å². The summed E-state index contributed by atoms with van der Waals surface area (Å²) < 4.78 is 77.8. The van der Waals surface area contributed by atoms with Gasteiger partial charge in [-0.05, 0) is 187 Å². The number of rotatable bonds is 91. The van der Waals surface area contributed by atoms with Crippen molar-refractivity contribution in [2.45, 2.75) is 438 Å².